The highest BCUT2D eigenvalue weighted by Gasteiger charge is 2.26. The lowest BCUT2D eigenvalue weighted by Gasteiger charge is -2.38. The van der Waals surface area contributed by atoms with Gasteiger partial charge in [-0.3, -0.25) is 9.69 Å². The standard InChI is InChI=1S/C20H25N5O/c1-23-10-12-25(13-11-23)19(18-4-3-9-24(18)2)15-22-20(26)17-7-5-16(14-21)6-8-17/h3-9,19H,10-13,15H2,1-2H3,(H,22,26). The third-order valence-electron chi connectivity index (χ3n) is 5.04. The number of carbonyl (C=O) groups excluding carboxylic acids is 1. The lowest BCUT2D eigenvalue weighted by Crippen LogP contribution is -2.48. The van der Waals surface area contributed by atoms with Gasteiger partial charge in [-0.15, -0.1) is 0 Å². The minimum absolute atomic E-state index is 0.108. The van der Waals surface area contributed by atoms with E-state index in [4.69, 9.17) is 5.26 Å². The summed E-state index contributed by atoms with van der Waals surface area (Å²) in [5.41, 5.74) is 2.34. The fourth-order valence-corrected chi connectivity index (χ4v) is 3.36. The van der Waals surface area contributed by atoms with Gasteiger partial charge in [-0.2, -0.15) is 5.26 Å². The van der Waals surface area contributed by atoms with Crippen molar-refractivity contribution >= 4 is 5.91 Å². The maximum absolute atomic E-state index is 12.5. The molecule has 1 aromatic heterocycles. The van der Waals surface area contributed by atoms with E-state index < -0.39 is 0 Å². The highest BCUT2D eigenvalue weighted by atomic mass is 16.1. The molecule has 2 heterocycles. The molecule has 1 N–H and O–H groups in total. The number of hydrogen-bond acceptors (Lipinski definition) is 4. The van der Waals surface area contributed by atoms with Crippen LogP contribution in [0.3, 0.4) is 0 Å². The van der Waals surface area contributed by atoms with Crippen molar-refractivity contribution in [2.24, 2.45) is 7.05 Å². The fraction of sp³-hybridized carbons (Fsp3) is 0.400. The van der Waals surface area contributed by atoms with E-state index in [0.717, 1.165) is 26.2 Å². The largest absolute Gasteiger partial charge is 0.353 e. The number of nitrogens with one attached hydrogen (secondary N) is 1. The summed E-state index contributed by atoms with van der Waals surface area (Å²) in [6.45, 7) is 4.59. The van der Waals surface area contributed by atoms with Crippen molar-refractivity contribution in [3.8, 4) is 6.07 Å². The Morgan fingerprint density at radius 1 is 1.15 bits per heavy atom. The molecule has 6 nitrogen and oxygen atoms in total. The number of hydrogen-bond donors (Lipinski definition) is 1. The minimum atomic E-state index is -0.108. The second kappa shape index (κ2) is 8.17. The Morgan fingerprint density at radius 2 is 1.85 bits per heavy atom. The van der Waals surface area contributed by atoms with Crippen LogP contribution < -0.4 is 5.32 Å². The van der Waals surface area contributed by atoms with Crippen LogP contribution in [0, 0.1) is 11.3 Å². The van der Waals surface area contributed by atoms with Crippen molar-refractivity contribution < 1.29 is 4.79 Å². The number of rotatable bonds is 5. The molecular formula is C20H25N5O. The highest BCUT2D eigenvalue weighted by molar-refractivity contribution is 5.94. The molecule has 1 unspecified atom stereocenters. The zero-order chi connectivity index (χ0) is 18.5. The molecule has 0 bridgehead atoms. The van der Waals surface area contributed by atoms with Gasteiger partial charge in [-0.05, 0) is 43.4 Å². The molecule has 1 amide bonds. The monoisotopic (exact) mass is 351 g/mol. The van der Waals surface area contributed by atoms with Gasteiger partial charge in [0.15, 0.2) is 0 Å². The van der Waals surface area contributed by atoms with Gasteiger partial charge in [0.2, 0.25) is 0 Å². The van der Waals surface area contributed by atoms with Gasteiger partial charge in [0, 0.05) is 57.2 Å². The summed E-state index contributed by atoms with van der Waals surface area (Å²) in [6.07, 6.45) is 2.04. The van der Waals surface area contributed by atoms with Crippen LogP contribution in [0.25, 0.3) is 0 Å². The van der Waals surface area contributed by atoms with Crippen LogP contribution in [-0.4, -0.2) is 60.0 Å². The van der Waals surface area contributed by atoms with Gasteiger partial charge < -0.3 is 14.8 Å². The highest BCUT2D eigenvalue weighted by Crippen LogP contribution is 2.22. The molecule has 0 saturated carbocycles. The van der Waals surface area contributed by atoms with E-state index in [9.17, 15) is 4.79 Å². The zero-order valence-electron chi connectivity index (χ0n) is 15.4. The molecule has 0 aliphatic carbocycles. The lowest BCUT2D eigenvalue weighted by molar-refractivity contribution is 0.0877. The van der Waals surface area contributed by atoms with E-state index in [2.05, 4.69) is 38.9 Å². The van der Waals surface area contributed by atoms with Gasteiger partial charge >= 0.3 is 0 Å². The van der Waals surface area contributed by atoms with Crippen LogP contribution in [-0.2, 0) is 7.05 Å². The van der Waals surface area contributed by atoms with Gasteiger partial charge in [-0.1, -0.05) is 0 Å². The quantitative estimate of drug-likeness (QED) is 0.889. The molecule has 26 heavy (non-hydrogen) atoms. The maximum atomic E-state index is 12.5. The third-order valence-corrected chi connectivity index (χ3v) is 5.04. The van der Waals surface area contributed by atoms with E-state index in [-0.39, 0.29) is 11.9 Å². The molecule has 1 atom stereocenters. The normalized spacial score (nSPS) is 16.8. The summed E-state index contributed by atoms with van der Waals surface area (Å²) in [5.74, 6) is -0.108. The smallest absolute Gasteiger partial charge is 0.251 e. The van der Waals surface area contributed by atoms with Crippen LogP contribution in [0.15, 0.2) is 42.6 Å². The molecular weight excluding hydrogens is 326 g/mol. The molecule has 1 aromatic carbocycles. The second-order valence-corrected chi connectivity index (χ2v) is 6.80. The van der Waals surface area contributed by atoms with Crippen LogP contribution in [0.2, 0.25) is 0 Å². The van der Waals surface area contributed by atoms with Crippen molar-refractivity contribution in [1.29, 1.82) is 5.26 Å². The fourth-order valence-electron chi connectivity index (χ4n) is 3.36. The summed E-state index contributed by atoms with van der Waals surface area (Å²) in [4.78, 5) is 17.3. The zero-order valence-corrected chi connectivity index (χ0v) is 15.4. The Labute approximate surface area is 154 Å². The molecule has 1 aliphatic heterocycles. The topological polar surface area (TPSA) is 64.3 Å². The molecule has 3 rings (SSSR count). The number of carbonyl (C=O) groups is 1. The van der Waals surface area contributed by atoms with E-state index in [0.29, 0.717) is 17.7 Å². The Bertz CT molecular complexity index is 781. The molecule has 1 fully saturated rings. The molecule has 0 spiro atoms. The molecule has 1 aliphatic rings. The van der Waals surface area contributed by atoms with E-state index in [1.807, 2.05) is 19.3 Å². The molecule has 6 heteroatoms. The lowest BCUT2D eigenvalue weighted by atomic mass is 10.1. The van der Waals surface area contributed by atoms with E-state index >= 15 is 0 Å². The third kappa shape index (κ3) is 4.13. The Morgan fingerprint density at radius 3 is 2.42 bits per heavy atom. The summed E-state index contributed by atoms with van der Waals surface area (Å²) in [7, 11) is 4.18. The summed E-state index contributed by atoms with van der Waals surface area (Å²) in [5, 5.41) is 11.9. The predicted octanol–water partition coefficient (Wildman–Crippen LogP) is 1.62. The number of aromatic nitrogens is 1. The Hall–Kier alpha value is -2.62. The van der Waals surface area contributed by atoms with Crippen LogP contribution in [0.5, 0.6) is 0 Å². The summed E-state index contributed by atoms with van der Waals surface area (Å²) in [6, 6.07) is 13.1. The average molecular weight is 351 g/mol. The number of aryl methyl sites for hydroxylation is 1. The number of benzene rings is 1. The van der Waals surface area contributed by atoms with E-state index in [1.54, 1.807) is 24.3 Å². The Kier molecular flexibility index (Phi) is 5.71. The SMILES string of the molecule is CN1CCN(C(CNC(=O)c2ccc(C#N)cc2)c2cccn2C)CC1. The van der Waals surface area contributed by atoms with Crippen molar-refractivity contribution in [2.75, 3.05) is 39.8 Å². The molecule has 136 valence electrons. The first-order valence-corrected chi connectivity index (χ1v) is 8.90. The first-order valence-electron chi connectivity index (χ1n) is 8.90. The van der Waals surface area contributed by atoms with Crippen LogP contribution in [0.4, 0.5) is 0 Å². The van der Waals surface area contributed by atoms with Crippen molar-refractivity contribution in [1.82, 2.24) is 19.7 Å². The van der Waals surface area contributed by atoms with Crippen molar-refractivity contribution in [3.63, 3.8) is 0 Å². The van der Waals surface area contributed by atoms with Crippen molar-refractivity contribution in [2.45, 2.75) is 6.04 Å². The van der Waals surface area contributed by atoms with Gasteiger partial charge in [0.05, 0.1) is 17.7 Å². The van der Waals surface area contributed by atoms with E-state index in [1.165, 1.54) is 5.69 Å². The van der Waals surface area contributed by atoms with Crippen LogP contribution in [0.1, 0.15) is 27.7 Å². The number of amides is 1. The number of likely N-dealkylation sites (N-methyl/N-ethyl adjacent to an activating group) is 1. The summed E-state index contributed by atoms with van der Waals surface area (Å²) < 4.78 is 2.12. The number of nitriles is 1. The predicted molar refractivity (Wildman–Crippen MR) is 101 cm³/mol. The number of piperazine rings is 1. The summed E-state index contributed by atoms with van der Waals surface area (Å²) >= 11 is 0. The maximum Gasteiger partial charge on any atom is 0.251 e. The molecule has 2 aromatic rings. The minimum Gasteiger partial charge on any atom is -0.353 e. The molecule has 0 radical (unpaired) electrons. The average Bonchev–Trinajstić information content (AvgIpc) is 3.09. The first kappa shape index (κ1) is 18.2. The van der Waals surface area contributed by atoms with Gasteiger partial charge in [-0.25, -0.2) is 0 Å². The van der Waals surface area contributed by atoms with Gasteiger partial charge in [0.25, 0.3) is 5.91 Å². The van der Waals surface area contributed by atoms with Crippen molar-refractivity contribution in [3.05, 3.63) is 59.4 Å². The second-order valence-electron chi connectivity index (χ2n) is 6.80. The van der Waals surface area contributed by atoms with Crippen LogP contribution >= 0.6 is 0 Å². The first-order chi connectivity index (χ1) is 12.6. The van der Waals surface area contributed by atoms with Gasteiger partial charge in [0.1, 0.15) is 0 Å². The Balaban J connectivity index is 1.70. The molecule has 1 saturated heterocycles. The number of nitrogens with zero attached hydrogens (tertiary/aromatic N) is 4.